The second-order valence-electron chi connectivity index (χ2n) is 9.05. The van der Waals surface area contributed by atoms with Gasteiger partial charge in [0, 0.05) is 6.92 Å². The number of nitrogens with one attached hydrogen (secondary N) is 1. The molecule has 16 nitrogen and oxygen atoms in total. The molecule has 10 N–H and O–H groups in total. The van der Waals surface area contributed by atoms with Crippen LogP contribution in [0, 0.1) is 0 Å². The molecule has 0 radical (unpaired) electrons. The maximum atomic E-state index is 11.7. The predicted molar refractivity (Wildman–Crippen MR) is 111 cm³/mol. The van der Waals surface area contributed by atoms with Crippen molar-refractivity contribution in [2.24, 2.45) is 0 Å². The molecule has 3 aliphatic heterocycles. The quantitative estimate of drug-likeness (QED) is 0.147. The zero-order valence-electron chi connectivity index (χ0n) is 19.5. The first kappa shape index (κ1) is 29.5. The Morgan fingerprint density at radius 3 is 1.81 bits per heavy atom. The molecule has 6 unspecified atom stereocenters. The molecule has 16 heteroatoms. The van der Waals surface area contributed by atoms with Crippen molar-refractivity contribution < 1.29 is 74.4 Å². The fourth-order valence-corrected chi connectivity index (χ4v) is 4.38. The van der Waals surface area contributed by atoms with Crippen LogP contribution in [0.3, 0.4) is 0 Å². The Labute approximate surface area is 205 Å². The average molecular weight is 529 g/mol. The number of rotatable bonds is 7. The summed E-state index contributed by atoms with van der Waals surface area (Å²) in [6.07, 6.45) is -22.1. The fourth-order valence-electron chi connectivity index (χ4n) is 4.38. The molecule has 0 aliphatic carbocycles. The number of hydrogen-bond donors (Lipinski definition) is 10. The van der Waals surface area contributed by atoms with E-state index in [1.807, 2.05) is 0 Å². The molecule has 1 amide bonds. The van der Waals surface area contributed by atoms with Crippen LogP contribution in [0.5, 0.6) is 0 Å². The lowest BCUT2D eigenvalue weighted by atomic mass is 9.95. The molecule has 210 valence electrons. The van der Waals surface area contributed by atoms with Crippen LogP contribution in [0.4, 0.5) is 0 Å². The standard InChI is InChI=1S/C20H35NO15/c1-5-10(25)16(35-20-15(30)14(29)12(27)8(4-23)34-20)17(18(31)32-5)36-19-9(21-6(2)24)13(28)11(26)7(3-22)33-19/h5,7-20,22-23,25-31H,3-4H2,1-2H3,(H,21,24)/t5?,7?,8-,9-,10-,11+,12+,13?,14?,15?,16?,17-,18+,19-,20+/m0/s1. The van der Waals surface area contributed by atoms with Gasteiger partial charge in [-0.25, -0.2) is 0 Å². The van der Waals surface area contributed by atoms with E-state index in [0.717, 1.165) is 6.92 Å². The van der Waals surface area contributed by atoms with Crippen LogP contribution in [0.25, 0.3) is 0 Å². The van der Waals surface area contributed by atoms with E-state index < -0.39 is 111 Å². The predicted octanol–water partition coefficient (Wildman–Crippen LogP) is -6.40. The second-order valence-corrected chi connectivity index (χ2v) is 9.05. The zero-order chi connectivity index (χ0) is 26.9. The van der Waals surface area contributed by atoms with E-state index in [-0.39, 0.29) is 0 Å². The van der Waals surface area contributed by atoms with E-state index in [0.29, 0.717) is 0 Å². The Bertz CT molecular complexity index is 729. The number of carbonyl (C=O) groups is 1. The van der Waals surface area contributed by atoms with Crippen molar-refractivity contribution in [3.63, 3.8) is 0 Å². The van der Waals surface area contributed by atoms with Gasteiger partial charge in [0.15, 0.2) is 18.9 Å². The van der Waals surface area contributed by atoms with Gasteiger partial charge in [-0.1, -0.05) is 0 Å². The summed E-state index contributed by atoms with van der Waals surface area (Å²) in [7, 11) is 0. The summed E-state index contributed by atoms with van der Waals surface area (Å²) in [5.74, 6) is -0.630. The molecule has 0 saturated carbocycles. The van der Waals surface area contributed by atoms with Crippen LogP contribution in [0.15, 0.2) is 0 Å². The van der Waals surface area contributed by atoms with Gasteiger partial charge in [-0.2, -0.15) is 0 Å². The van der Waals surface area contributed by atoms with Crippen LogP contribution in [-0.2, 0) is 28.5 Å². The minimum absolute atomic E-state index is 0.630. The first-order valence-corrected chi connectivity index (χ1v) is 11.4. The summed E-state index contributed by atoms with van der Waals surface area (Å²) < 4.78 is 27.4. The van der Waals surface area contributed by atoms with Gasteiger partial charge in [-0.15, -0.1) is 0 Å². The number of carbonyl (C=O) groups excluding carboxylic acids is 1. The highest BCUT2D eigenvalue weighted by molar-refractivity contribution is 5.73. The molecule has 3 heterocycles. The molecule has 0 aromatic rings. The van der Waals surface area contributed by atoms with Gasteiger partial charge in [0.05, 0.1) is 19.3 Å². The highest BCUT2D eigenvalue weighted by Gasteiger charge is 2.53. The topological polar surface area (TPSA) is 257 Å². The number of ether oxygens (including phenoxy) is 5. The lowest BCUT2D eigenvalue weighted by Crippen LogP contribution is -2.68. The van der Waals surface area contributed by atoms with Crippen molar-refractivity contribution in [3.05, 3.63) is 0 Å². The first-order chi connectivity index (χ1) is 16.9. The van der Waals surface area contributed by atoms with Gasteiger partial charge in [0.2, 0.25) is 5.91 Å². The molecule has 0 spiro atoms. The maximum absolute atomic E-state index is 11.7. The van der Waals surface area contributed by atoms with Crippen LogP contribution in [0.1, 0.15) is 13.8 Å². The Morgan fingerprint density at radius 1 is 0.722 bits per heavy atom. The number of aliphatic hydroxyl groups excluding tert-OH is 9. The largest absolute Gasteiger partial charge is 0.394 e. The molecule has 36 heavy (non-hydrogen) atoms. The van der Waals surface area contributed by atoms with Crippen molar-refractivity contribution in [2.75, 3.05) is 13.2 Å². The highest BCUT2D eigenvalue weighted by Crippen LogP contribution is 2.32. The summed E-state index contributed by atoms with van der Waals surface area (Å²) in [5, 5.41) is 93.6. The first-order valence-electron chi connectivity index (χ1n) is 11.4. The van der Waals surface area contributed by atoms with Crippen LogP contribution < -0.4 is 5.32 Å². The maximum Gasteiger partial charge on any atom is 0.217 e. The Morgan fingerprint density at radius 2 is 1.25 bits per heavy atom. The van der Waals surface area contributed by atoms with E-state index in [1.165, 1.54) is 6.92 Å². The van der Waals surface area contributed by atoms with Crippen molar-refractivity contribution in [1.29, 1.82) is 0 Å². The summed E-state index contributed by atoms with van der Waals surface area (Å²) in [6, 6.07) is -1.39. The molecule has 3 aliphatic rings. The van der Waals surface area contributed by atoms with E-state index in [9.17, 15) is 50.8 Å². The van der Waals surface area contributed by atoms with E-state index >= 15 is 0 Å². The van der Waals surface area contributed by atoms with E-state index in [1.54, 1.807) is 0 Å². The van der Waals surface area contributed by atoms with E-state index in [2.05, 4.69) is 5.32 Å². The summed E-state index contributed by atoms with van der Waals surface area (Å²) in [6.45, 7) is 1.05. The zero-order valence-corrected chi connectivity index (χ0v) is 19.5. The van der Waals surface area contributed by atoms with Crippen LogP contribution in [-0.4, -0.2) is 157 Å². The SMILES string of the molecule is CC(=O)N[C@H]1C(O)[C@H](O)C(CO)O[C@H]1O[C@H]1C(O[C@H]2O[C@@H](CO)[C@@H](O)C(O)C2O)[C@@H](O)C(C)O[C@H]1O. The highest BCUT2D eigenvalue weighted by atomic mass is 16.8. The monoisotopic (exact) mass is 529 g/mol. The Kier molecular flexibility index (Phi) is 9.97. The number of amides is 1. The van der Waals surface area contributed by atoms with Gasteiger partial charge in [0.25, 0.3) is 0 Å². The third-order valence-corrected chi connectivity index (χ3v) is 6.46. The number of aliphatic hydroxyl groups is 9. The molecule has 0 aromatic carbocycles. The molecule has 3 saturated heterocycles. The lowest BCUT2D eigenvalue weighted by Gasteiger charge is -2.48. The van der Waals surface area contributed by atoms with Crippen LogP contribution >= 0.6 is 0 Å². The minimum Gasteiger partial charge on any atom is -0.394 e. The molecule has 3 rings (SSSR count). The van der Waals surface area contributed by atoms with Crippen molar-refractivity contribution >= 4 is 5.91 Å². The Hall–Kier alpha value is -1.09. The number of hydrogen-bond acceptors (Lipinski definition) is 15. The molecular weight excluding hydrogens is 494 g/mol. The van der Waals surface area contributed by atoms with Gasteiger partial charge in [-0.3, -0.25) is 4.79 Å². The van der Waals surface area contributed by atoms with Crippen molar-refractivity contribution in [1.82, 2.24) is 5.32 Å². The Balaban J connectivity index is 1.86. The van der Waals surface area contributed by atoms with Crippen molar-refractivity contribution in [3.8, 4) is 0 Å². The van der Waals surface area contributed by atoms with Gasteiger partial charge < -0.3 is 75.0 Å². The third kappa shape index (κ3) is 5.97. The summed E-state index contributed by atoms with van der Waals surface area (Å²) in [5.41, 5.74) is 0. The van der Waals surface area contributed by atoms with Crippen LogP contribution in [0.2, 0.25) is 0 Å². The molecular formula is C20H35NO15. The molecule has 0 aromatic heterocycles. The second kappa shape index (κ2) is 12.2. The molecule has 15 atom stereocenters. The molecule has 3 fully saturated rings. The van der Waals surface area contributed by atoms with Gasteiger partial charge >= 0.3 is 0 Å². The van der Waals surface area contributed by atoms with Gasteiger partial charge in [0.1, 0.15) is 67.1 Å². The molecule has 0 bridgehead atoms. The summed E-state index contributed by atoms with van der Waals surface area (Å²) in [4.78, 5) is 11.7. The smallest absolute Gasteiger partial charge is 0.217 e. The third-order valence-electron chi connectivity index (χ3n) is 6.46. The normalized spacial score (nSPS) is 50.0. The minimum atomic E-state index is -1.83. The van der Waals surface area contributed by atoms with Crippen molar-refractivity contribution in [2.45, 2.75) is 106 Å². The van der Waals surface area contributed by atoms with E-state index in [4.69, 9.17) is 23.7 Å². The average Bonchev–Trinajstić information content (AvgIpc) is 2.83. The lowest BCUT2D eigenvalue weighted by molar-refractivity contribution is -0.378. The fraction of sp³-hybridized carbons (Fsp3) is 0.950. The summed E-state index contributed by atoms with van der Waals surface area (Å²) >= 11 is 0. The van der Waals surface area contributed by atoms with Gasteiger partial charge in [-0.05, 0) is 6.92 Å².